The van der Waals surface area contributed by atoms with Gasteiger partial charge in [0.1, 0.15) is 0 Å². The van der Waals surface area contributed by atoms with Crippen molar-refractivity contribution < 1.29 is 99.2 Å². The number of halogens is 12. The molecule has 28 heteroatoms. The number of rotatable bonds is 8. The van der Waals surface area contributed by atoms with Crippen LogP contribution in [-0.2, 0) is 50.2 Å². The van der Waals surface area contributed by atoms with E-state index in [0.29, 0.717) is 0 Å². The summed E-state index contributed by atoms with van der Waals surface area (Å²) in [6.07, 6.45) is 11.4. The van der Waals surface area contributed by atoms with Gasteiger partial charge in [0.15, 0.2) is 0 Å². The van der Waals surface area contributed by atoms with Crippen molar-refractivity contribution in [1.29, 1.82) is 0 Å². The van der Waals surface area contributed by atoms with E-state index in [1.165, 1.54) is 5.56 Å². The van der Waals surface area contributed by atoms with Crippen molar-refractivity contribution in [3.05, 3.63) is 224 Å². The second kappa shape index (κ2) is 27.5. The van der Waals surface area contributed by atoms with E-state index in [-0.39, 0.29) is 39.0 Å². The van der Waals surface area contributed by atoms with Crippen molar-refractivity contribution in [3.8, 4) is 68.3 Å². The summed E-state index contributed by atoms with van der Waals surface area (Å²) < 4.78 is 118. The van der Waals surface area contributed by atoms with Crippen molar-refractivity contribution in [2.75, 3.05) is 0 Å². The molecule has 0 N–H and O–H groups in total. The maximum absolute atomic E-state index is 10.7. The number of carboxylic acid groups (broad SMARTS) is 1. The van der Waals surface area contributed by atoms with Gasteiger partial charge in [-0.25, -0.2) is 9.97 Å². The molecule has 12 nitrogen and oxygen atoms in total. The summed E-state index contributed by atoms with van der Waals surface area (Å²) in [6.45, 7) is 0.972. The second-order valence-corrected chi connectivity index (χ2v) is 19.4. The Morgan fingerprint density at radius 1 is 0.388 bits per heavy atom. The maximum atomic E-state index is 9.87. The molecule has 0 amide bonds. The zero-order valence-electron chi connectivity index (χ0n) is 40.8. The van der Waals surface area contributed by atoms with Crippen LogP contribution < -0.4 is 10.2 Å². The van der Waals surface area contributed by atoms with Crippen LogP contribution in [0.3, 0.4) is 0 Å². The number of carbonyl (C=O) groups is 1. The van der Waals surface area contributed by atoms with Gasteiger partial charge in [-0.3, -0.25) is 29.9 Å². The molecular formula is C52H40F12N10O2P2Ru2. The molecule has 0 unspecified atom stereocenters. The Balaban J connectivity index is 0.000000273. The van der Waals surface area contributed by atoms with Crippen LogP contribution in [0.15, 0.2) is 213 Å². The monoisotopic (exact) mass is 1330 g/mol. The quantitative estimate of drug-likeness (QED) is 0.0802. The topological polar surface area (TPSA) is 170 Å². The van der Waals surface area contributed by atoms with Crippen LogP contribution in [0.4, 0.5) is 50.4 Å². The third-order valence-corrected chi connectivity index (χ3v) is 9.07. The van der Waals surface area contributed by atoms with E-state index in [2.05, 4.69) is 62.2 Å². The van der Waals surface area contributed by atoms with Gasteiger partial charge < -0.3 is 20.1 Å². The van der Waals surface area contributed by atoms with Gasteiger partial charge >= 0.3 is 105 Å². The van der Waals surface area contributed by atoms with Crippen LogP contribution in [-0.4, -0.2) is 50.9 Å². The molecule has 0 fully saturated rings. The summed E-state index contributed by atoms with van der Waals surface area (Å²) in [5.74, 6) is -1.08. The number of carbonyl (C=O) groups excluding carboxylic acids is 1. The smallest absolute Gasteiger partial charge is 0.573 e. The number of pyridine rings is 8. The molecule has 0 spiro atoms. The number of nitrogens with zero attached hydrogens (tertiary/aromatic N) is 10. The normalized spacial score (nSPS) is 12.2. The minimum absolute atomic E-state index is 0. The molecule has 9 heterocycles. The van der Waals surface area contributed by atoms with E-state index in [4.69, 9.17) is 9.90 Å². The molecule has 0 saturated carbocycles. The van der Waals surface area contributed by atoms with Crippen LogP contribution in [0.2, 0.25) is 0 Å². The van der Waals surface area contributed by atoms with E-state index >= 15 is 0 Å². The Labute approximate surface area is 474 Å². The fraction of sp³-hybridized carbons (Fsp3) is 0.0385. The Kier molecular flexibility index (Phi) is 22.9. The summed E-state index contributed by atoms with van der Waals surface area (Å²) in [5.41, 5.74) is 12.5. The molecule has 80 heavy (non-hydrogen) atoms. The molecule has 0 saturated heterocycles. The first kappa shape index (κ1) is 66.6. The SMILES string of the molecule is CC(=O)[O-].F[P-](F)(F)(F)(F)F.F[P-](F)(F)(F)(F)F.[Ru+2].[Ru+2].c1ccc(-c2cccc(-c3ccccn3)n2)nc1.c1ccc(-c2cccc(-c3ccccn3)n2)nc1.c1ccc(Cc2c(-c3ccccn3)n[n-]c2-c2ccccn2)cc1. The first-order chi connectivity index (χ1) is 36.4. The summed E-state index contributed by atoms with van der Waals surface area (Å²) in [6, 6.07) is 56.9. The average molecular weight is 1330 g/mol. The minimum atomic E-state index is -10.7. The molecule has 420 valence electrons. The first-order valence-electron chi connectivity index (χ1n) is 22.2. The molecule has 10 aromatic rings. The fourth-order valence-corrected chi connectivity index (χ4v) is 6.21. The van der Waals surface area contributed by atoms with Gasteiger partial charge in [0.25, 0.3) is 0 Å². The number of hydrogen-bond acceptors (Lipinski definition) is 11. The first-order valence-corrected chi connectivity index (χ1v) is 26.3. The summed E-state index contributed by atoms with van der Waals surface area (Å²) >= 11 is 0. The number of aliphatic carboxylic acids is 1. The van der Waals surface area contributed by atoms with Crippen molar-refractivity contribution in [2.24, 2.45) is 0 Å². The molecular weight excluding hydrogens is 1290 g/mol. The van der Waals surface area contributed by atoms with Crippen molar-refractivity contribution in [2.45, 2.75) is 13.3 Å². The van der Waals surface area contributed by atoms with Gasteiger partial charge in [-0.2, -0.15) is 0 Å². The summed E-state index contributed by atoms with van der Waals surface area (Å²) in [4.78, 5) is 44.1. The van der Waals surface area contributed by atoms with Crippen molar-refractivity contribution in [1.82, 2.24) is 50.1 Å². The standard InChI is InChI=1S/C20H15N4.2C15H11N3.C2H4O2.2F6P.2Ru/c1-2-8-15(9-3-1)14-16-19(17-10-4-6-12-21-17)23-24-20(16)18-11-5-7-13-22-18;2*1-3-10-16-12(6-1)14-8-5-9-15(18-14)13-7-2-4-11-17-13;1-2(3)4;2*1-7(2,3,4,5)6;;/h1-13H,14H2;2*1-11H;1H3,(H,3,4);;;;/q-1;;;;2*-1;2*+2/p-1. The van der Waals surface area contributed by atoms with E-state index in [1.54, 1.807) is 37.2 Å². The molecule has 0 aliphatic rings. The van der Waals surface area contributed by atoms with Crippen LogP contribution >= 0.6 is 15.6 Å². The van der Waals surface area contributed by atoms with E-state index in [9.17, 15) is 50.4 Å². The van der Waals surface area contributed by atoms with Crippen LogP contribution in [0, 0.1) is 0 Å². The van der Waals surface area contributed by atoms with Crippen LogP contribution in [0.1, 0.15) is 18.1 Å². The number of hydrogen-bond donors (Lipinski definition) is 0. The van der Waals surface area contributed by atoms with E-state index in [0.717, 1.165) is 87.2 Å². The van der Waals surface area contributed by atoms with Crippen molar-refractivity contribution >= 4 is 21.6 Å². The van der Waals surface area contributed by atoms with Gasteiger partial charge in [0.05, 0.1) is 56.9 Å². The van der Waals surface area contributed by atoms with Gasteiger partial charge in [-0.1, -0.05) is 84.6 Å². The Hall–Kier alpha value is -7.63. The van der Waals surface area contributed by atoms with E-state index < -0.39 is 21.6 Å². The third-order valence-electron chi connectivity index (χ3n) is 9.07. The summed E-state index contributed by atoms with van der Waals surface area (Å²) in [7, 11) is -21.3. The van der Waals surface area contributed by atoms with Crippen LogP contribution in [0.25, 0.3) is 68.3 Å². The fourth-order valence-electron chi connectivity index (χ4n) is 6.21. The van der Waals surface area contributed by atoms with Crippen molar-refractivity contribution in [3.63, 3.8) is 0 Å². The Morgan fingerprint density at radius 3 is 0.912 bits per heavy atom. The predicted octanol–water partition coefficient (Wildman–Crippen LogP) is 15.7. The number of benzene rings is 1. The average Bonchev–Trinajstić information content (AvgIpc) is 3.82. The molecule has 0 radical (unpaired) electrons. The zero-order chi connectivity index (χ0) is 57.0. The molecule has 9 aromatic heterocycles. The maximum Gasteiger partial charge on any atom is 2.00 e. The number of carboxylic acids is 1. The molecule has 0 aliphatic heterocycles. The Bertz CT molecular complexity index is 3120. The van der Waals surface area contributed by atoms with Gasteiger partial charge in [0.2, 0.25) is 0 Å². The molecule has 10 rings (SSSR count). The molecule has 0 atom stereocenters. The van der Waals surface area contributed by atoms with Gasteiger partial charge in [0, 0.05) is 48.8 Å². The predicted molar refractivity (Wildman–Crippen MR) is 272 cm³/mol. The van der Waals surface area contributed by atoms with Gasteiger partial charge in [-0.05, 0) is 122 Å². The molecule has 1 aromatic carbocycles. The largest absolute Gasteiger partial charge is 2.00 e. The van der Waals surface area contributed by atoms with Gasteiger partial charge in [-0.15, -0.1) is 0 Å². The minimum Gasteiger partial charge on any atom is -0.573 e. The molecule has 0 bridgehead atoms. The zero-order valence-corrected chi connectivity index (χ0v) is 46.1. The molecule has 0 aliphatic carbocycles. The Morgan fingerprint density at radius 2 is 0.637 bits per heavy atom. The van der Waals surface area contributed by atoms with E-state index in [1.807, 2.05) is 164 Å². The number of aromatic nitrogens is 10. The third kappa shape index (κ3) is 28.3. The summed E-state index contributed by atoms with van der Waals surface area (Å²) in [5, 5.41) is 17.7. The second-order valence-electron chi connectivity index (χ2n) is 15.6. The van der Waals surface area contributed by atoms with Crippen LogP contribution in [0.5, 0.6) is 0 Å².